The summed E-state index contributed by atoms with van der Waals surface area (Å²) in [6.45, 7) is 3.15. The molecule has 2 aromatic rings. The molecule has 0 aliphatic heterocycles. The number of aliphatic hydroxyl groups excluding tert-OH is 1. The minimum absolute atomic E-state index is 0.491. The lowest BCUT2D eigenvalue weighted by atomic mass is 10.1. The quantitative estimate of drug-likeness (QED) is 0.887. The predicted octanol–water partition coefficient (Wildman–Crippen LogP) is 2.31. The number of halogens is 1. The molecule has 0 bridgehead atoms. The van der Waals surface area contributed by atoms with Crippen LogP contribution in [0.25, 0.3) is 0 Å². The van der Waals surface area contributed by atoms with Crippen LogP contribution >= 0.6 is 15.9 Å². The van der Waals surface area contributed by atoms with E-state index in [1.54, 1.807) is 0 Å². The number of nitrogens with zero attached hydrogens (tertiary/aromatic N) is 2. The number of aliphatic hydroxyl groups is 1. The van der Waals surface area contributed by atoms with Gasteiger partial charge < -0.3 is 10.4 Å². The molecular weight excluding hydrogens is 306 g/mol. The molecule has 1 aromatic carbocycles. The summed E-state index contributed by atoms with van der Waals surface area (Å²) in [6.07, 6.45) is -0.491. The molecule has 0 radical (unpaired) electrons. The van der Waals surface area contributed by atoms with E-state index in [-0.39, 0.29) is 0 Å². The van der Waals surface area contributed by atoms with Crippen molar-refractivity contribution in [2.24, 2.45) is 7.05 Å². The number of rotatable bonds is 5. The molecular formula is C14H18BrN3O. The number of aromatic nitrogens is 2. The molecule has 1 atom stereocenters. The van der Waals surface area contributed by atoms with Crippen molar-refractivity contribution in [3.8, 4) is 0 Å². The van der Waals surface area contributed by atoms with Crippen LogP contribution < -0.4 is 5.32 Å². The summed E-state index contributed by atoms with van der Waals surface area (Å²) < 4.78 is 2.87. The molecule has 0 spiro atoms. The Bertz CT molecular complexity index is 539. The first kappa shape index (κ1) is 14.2. The summed E-state index contributed by atoms with van der Waals surface area (Å²) in [5, 5.41) is 17.6. The second kappa shape index (κ2) is 6.32. The molecule has 4 nitrogen and oxygen atoms in total. The molecule has 5 heteroatoms. The van der Waals surface area contributed by atoms with Gasteiger partial charge in [0.2, 0.25) is 0 Å². The third-order valence-corrected chi connectivity index (χ3v) is 4.11. The maximum absolute atomic E-state index is 10.0. The lowest BCUT2D eigenvalue weighted by molar-refractivity contribution is 0.174. The maximum Gasteiger partial charge on any atom is 0.0914 e. The van der Waals surface area contributed by atoms with Gasteiger partial charge in [0, 0.05) is 20.1 Å². The topological polar surface area (TPSA) is 50.1 Å². The van der Waals surface area contributed by atoms with Gasteiger partial charge in [-0.2, -0.15) is 5.10 Å². The van der Waals surface area contributed by atoms with Crippen LogP contribution in [0.4, 0.5) is 0 Å². The largest absolute Gasteiger partial charge is 0.387 e. The van der Waals surface area contributed by atoms with E-state index in [9.17, 15) is 5.11 Å². The van der Waals surface area contributed by atoms with Gasteiger partial charge in [-0.1, -0.05) is 30.3 Å². The Morgan fingerprint density at radius 3 is 2.63 bits per heavy atom. The zero-order valence-corrected chi connectivity index (χ0v) is 12.7. The van der Waals surface area contributed by atoms with Crippen LogP contribution in [0.5, 0.6) is 0 Å². The Morgan fingerprint density at radius 1 is 1.37 bits per heavy atom. The molecule has 1 aromatic heterocycles. The molecule has 0 aliphatic rings. The summed E-state index contributed by atoms with van der Waals surface area (Å²) in [5.74, 6) is 0. The van der Waals surface area contributed by atoms with Gasteiger partial charge in [-0.3, -0.25) is 4.68 Å². The number of hydrogen-bond donors (Lipinski definition) is 2. The highest BCUT2D eigenvalue weighted by atomic mass is 79.9. The highest BCUT2D eigenvalue weighted by Gasteiger charge is 2.11. The summed E-state index contributed by atoms with van der Waals surface area (Å²) in [5.41, 5.74) is 2.98. The Balaban J connectivity index is 1.90. The number of nitrogens with one attached hydrogen (secondary N) is 1. The zero-order chi connectivity index (χ0) is 13.8. The van der Waals surface area contributed by atoms with Crippen molar-refractivity contribution in [2.45, 2.75) is 19.6 Å². The first-order valence-electron chi connectivity index (χ1n) is 6.21. The van der Waals surface area contributed by atoms with E-state index < -0.39 is 6.10 Å². The van der Waals surface area contributed by atoms with Gasteiger partial charge in [0.15, 0.2) is 0 Å². The van der Waals surface area contributed by atoms with Crippen LogP contribution in [-0.2, 0) is 13.6 Å². The smallest absolute Gasteiger partial charge is 0.0914 e. The molecule has 1 heterocycles. The molecule has 0 amide bonds. The molecule has 0 aliphatic carbocycles. The molecule has 0 saturated carbocycles. The van der Waals surface area contributed by atoms with Crippen molar-refractivity contribution in [1.82, 2.24) is 15.1 Å². The third-order valence-electron chi connectivity index (χ3n) is 3.08. The fourth-order valence-electron chi connectivity index (χ4n) is 1.99. The highest BCUT2D eigenvalue weighted by molar-refractivity contribution is 9.10. The Morgan fingerprint density at radius 2 is 2.05 bits per heavy atom. The average molecular weight is 324 g/mol. The highest BCUT2D eigenvalue weighted by Crippen LogP contribution is 2.20. The van der Waals surface area contributed by atoms with Gasteiger partial charge in [0.25, 0.3) is 0 Å². The van der Waals surface area contributed by atoms with Crippen molar-refractivity contribution >= 4 is 15.9 Å². The number of hydrogen-bond acceptors (Lipinski definition) is 3. The summed E-state index contributed by atoms with van der Waals surface area (Å²) >= 11 is 3.53. The zero-order valence-electron chi connectivity index (χ0n) is 11.1. The first-order valence-corrected chi connectivity index (χ1v) is 7.00. The van der Waals surface area contributed by atoms with Gasteiger partial charge in [0.1, 0.15) is 0 Å². The molecule has 0 saturated heterocycles. The second-order valence-electron chi connectivity index (χ2n) is 4.53. The third kappa shape index (κ3) is 3.43. The van der Waals surface area contributed by atoms with Crippen molar-refractivity contribution < 1.29 is 5.11 Å². The van der Waals surface area contributed by atoms with Crippen LogP contribution in [-0.4, -0.2) is 21.4 Å². The van der Waals surface area contributed by atoms with E-state index in [0.29, 0.717) is 13.1 Å². The average Bonchev–Trinajstić information content (AvgIpc) is 2.66. The molecule has 0 fully saturated rings. The number of aryl methyl sites for hydroxylation is 2. The maximum atomic E-state index is 10.0. The van der Waals surface area contributed by atoms with Crippen LogP contribution in [0, 0.1) is 6.92 Å². The van der Waals surface area contributed by atoms with Crippen molar-refractivity contribution in [3.05, 3.63) is 51.8 Å². The van der Waals surface area contributed by atoms with E-state index >= 15 is 0 Å². The lowest BCUT2D eigenvalue weighted by Crippen LogP contribution is -2.22. The molecule has 1 unspecified atom stereocenters. The van der Waals surface area contributed by atoms with Crippen LogP contribution in [0.1, 0.15) is 23.1 Å². The Labute approximate surface area is 121 Å². The minimum Gasteiger partial charge on any atom is -0.387 e. The van der Waals surface area contributed by atoms with Gasteiger partial charge in [-0.15, -0.1) is 0 Å². The Hall–Kier alpha value is -1.17. The van der Waals surface area contributed by atoms with E-state index in [2.05, 4.69) is 26.3 Å². The number of benzene rings is 1. The summed E-state index contributed by atoms with van der Waals surface area (Å²) in [7, 11) is 1.92. The van der Waals surface area contributed by atoms with Gasteiger partial charge in [0.05, 0.1) is 22.0 Å². The monoisotopic (exact) mass is 323 g/mol. The first-order chi connectivity index (χ1) is 9.09. The lowest BCUT2D eigenvalue weighted by Gasteiger charge is -2.12. The van der Waals surface area contributed by atoms with Crippen molar-refractivity contribution in [3.63, 3.8) is 0 Å². The molecule has 2 rings (SSSR count). The van der Waals surface area contributed by atoms with E-state index in [1.165, 1.54) is 0 Å². The molecule has 2 N–H and O–H groups in total. The second-order valence-corrected chi connectivity index (χ2v) is 5.32. The SMILES string of the molecule is Cc1nn(C)c(CNCC(O)c2ccccc2)c1Br. The predicted molar refractivity (Wildman–Crippen MR) is 78.8 cm³/mol. The fraction of sp³-hybridized carbons (Fsp3) is 0.357. The normalized spacial score (nSPS) is 12.6. The molecule has 102 valence electrons. The minimum atomic E-state index is -0.491. The van der Waals surface area contributed by atoms with Crippen molar-refractivity contribution in [1.29, 1.82) is 0 Å². The van der Waals surface area contributed by atoms with Gasteiger partial charge in [-0.25, -0.2) is 0 Å². The fourth-order valence-corrected chi connectivity index (χ4v) is 2.47. The van der Waals surface area contributed by atoms with Gasteiger partial charge >= 0.3 is 0 Å². The standard InChI is InChI=1S/C14H18BrN3O/c1-10-14(15)12(18(2)17-10)8-16-9-13(19)11-6-4-3-5-7-11/h3-7,13,16,19H,8-9H2,1-2H3. The molecule has 19 heavy (non-hydrogen) atoms. The van der Waals surface area contributed by atoms with E-state index in [4.69, 9.17) is 0 Å². The van der Waals surface area contributed by atoms with Gasteiger partial charge in [-0.05, 0) is 28.4 Å². The van der Waals surface area contributed by atoms with E-state index in [1.807, 2.05) is 49.0 Å². The van der Waals surface area contributed by atoms with Crippen molar-refractivity contribution in [2.75, 3.05) is 6.54 Å². The van der Waals surface area contributed by atoms with Crippen LogP contribution in [0.2, 0.25) is 0 Å². The van der Waals surface area contributed by atoms with E-state index in [0.717, 1.165) is 21.4 Å². The summed E-state index contributed by atoms with van der Waals surface area (Å²) in [6, 6.07) is 9.66. The summed E-state index contributed by atoms with van der Waals surface area (Å²) in [4.78, 5) is 0. The Kier molecular flexibility index (Phi) is 4.74. The van der Waals surface area contributed by atoms with Crippen LogP contribution in [0.15, 0.2) is 34.8 Å². The van der Waals surface area contributed by atoms with Crippen LogP contribution in [0.3, 0.4) is 0 Å².